The van der Waals surface area contributed by atoms with E-state index in [1.54, 1.807) is 0 Å². The summed E-state index contributed by atoms with van der Waals surface area (Å²) in [5, 5.41) is 5.70. The molecule has 0 unspecified atom stereocenters. The Balaban J connectivity index is 1.60. The van der Waals surface area contributed by atoms with E-state index in [9.17, 15) is 9.59 Å². The van der Waals surface area contributed by atoms with Crippen molar-refractivity contribution in [3.8, 4) is 0 Å². The lowest BCUT2D eigenvalue weighted by atomic mass is 9.93. The summed E-state index contributed by atoms with van der Waals surface area (Å²) in [6.07, 6.45) is 2.30. The Hall–Kier alpha value is -2.58. The second-order valence-corrected chi connectivity index (χ2v) is 10.3. The van der Waals surface area contributed by atoms with E-state index in [-0.39, 0.29) is 18.4 Å². The molecule has 7 nitrogen and oxygen atoms in total. The molecular weight excluding hydrogens is 438 g/mol. The highest BCUT2D eigenvalue weighted by Gasteiger charge is 2.41. The highest BCUT2D eigenvalue weighted by molar-refractivity contribution is 8.16. The Morgan fingerprint density at radius 1 is 1.27 bits per heavy atom. The van der Waals surface area contributed by atoms with Crippen molar-refractivity contribution in [1.29, 1.82) is 0 Å². The number of esters is 1. The standard InChI is InChI=1S/C25H31N3O4S/c1-16-21(23(30)32-25(2,3)4)22(17-9-6-5-7-10-17)28-18(15-33-24(28)27-16)13-20(29)26-14-19-11-8-12-31-19/h5-7,9-10,15,19,22H,8,11-14H2,1-4H3,(H,26,29)/t19-,22-/m1/s1. The van der Waals surface area contributed by atoms with Gasteiger partial charge >= 0.3 is 5.97 Å². The van der Waals surface area contributed by atoms with Crippen LogP contribution in [0.1, 0.15) is 58.6 Å². The molecule has 8 heteroatoms. The zero-order valence-corrected chi connectivity index (χ0v) is 20.4. The molecule has 4 rings (SSSR count). The molecule has 1 aromatic rings. The molecule has 2 atom stereocenters. The average molecular weight is 470 g/mol. The monoisotopic (exact) mass is 469 g/mol. The van der Waals surface area contributed by atoms with Gasteiger partial charge in [0.25, 0.3) is 0 Å². The van der Waals surface area contributed by atoms with Crippen LogP contribution in [0.5, 0.6) is 0 Å². The van der Waals surface area contributed by atoms with E-state index < -0.39 is 17.6 Å². The molecule has 0 bridgehead atoms. The van der Waals surface area contributed by atoms with E-state index in [1.165, 1.54) is 11.8 Å². The van der Waals surface area contributed by atoms with Gasteiger partial charge in [-0.15, -0.1) is 0 Å². The van der Waals surface area contributed by atoms with Gasteiger partial charge in [0.1, 0.15) is 5.60 Å². The van der Waals surface area contributed by atoms with Crippen LogP contribution in [0.3, 0.4) is 0 Å². The van der Waals surface area contributed by atoms with Gasteiger partial charge in [-0.05, 0) is 51.5 Å². The molecule has 1 amide bonds. The molecule has 1 N–H and O–H groups in total. The number of carbonyl (C=O) groups excluding carboxylic acids is 2. The summed E-state index contributed by atoms with van der Waals surface area (Å²) >= 11 is 1.47. The largest absolute Gasteiger partial charge is 0.456 e. The molecule has 1 aromatic carbocycles. The molecule has 3 aliphatic heterocycles. The number of ether oxygens (including phenoxy) is 2. The molecule has 0 saturated carbocycles. The fraction of sp³-hybridized carbons (Fsp3) is 0.480. The van der Waals surface area contributed by atoms with Gasteiger partial charge in [0.2, 0.25) is 5.91 Å². The van der Waals surface area contributed by atoms with Crippen molar-refractivity contribution < 1.29 is 19.1 Å². The number of nitrogens with one attached hydrogen (secondary N) is 1. The fourth-order valence-electron chi connectivity index (χ4n) is 4.17. The molecule has 0 aromatic heterocycles. The van der Waals surface area contributed by atoms with E-state index in [0.29, 0.717) is 17.8 Å². The Bertz CT molecular complexity index is 1000. The van der Waals surface area contributed by atoms with Gasteiger partial charge in [0, 0.05) is 18.8 Å². The van der Waals surface area contributed by atoms with Crippen LogP contribution < -0.4 is 5.32 Å². The van der Waals surface area contributed by atoms with Crippen LogP contribution in [-0.2, 0) is 19.1 Å². The number of hydrogen-bond acceptors (Lipinski definition) is 7. The maximum absolute atomic E-state index is 13.3. The number of carbonyl (C=O) groups is 2. The van der Waals surface area contributed by atoms with E-state index in [2.05, 4.69) is 5.32 Å². The van der Waals surface area contributed by atoms with E-state index in [0.717, 1.165) is 35.9 Å². The predicted octanol–water partition coefficient (Wildman–Crippen LogP) is 4.29. The third-order valence-electron chi connectivity index (χ3n) is 5.63. The molecule has 1 fully saturated rings. The summed E-state index contributed by atoms with van der Waals surface area (Å²) < 4.78 is 11.4. The van der Waals surface area contributed by atoms with Gasteiger partial charge in [-0.1, -0.05) is 42.1 Å². The number of hydrogen-bond donors (Lipinski definition) is 1. The van der Waals surface area contributed by atoms with Gasteiger partial charge in [-0.2, -0.15) is 0 Å². The van der Waals surface area contributed by atoms with Crippen LogP contribution in [0.15, 0.2) is 57.7 Å². The van der Waals surface area contributed by atoms with Crippen LogP contribution in [-0.4, -0.2) is 46.8 Å². The summed E-state index contributed by atoms with van der Waals surface area (Å²) in [5.74, 6) is -0.466. The first kappa shape index (κ1) is 23.6. The van der Waals surface area contributed by atoms with Crippen molar-refractivity contribution in [2.24, 2.45) is 4.99 Å². The quantitative estimate of drug-likeness (QED) is 0.626. The molecular formula is C25H31N3O4S. The number of fused-ring (bicyclic) bond motifs is 1. The average Bonchev–Trinajstić information content (AvgIpc) is 3.41. The number of benzene rings is 1. The first-order chi connectivity index (χ1) is 15.7. The molecule has 0 spiro atoms. The Labute approximate surface area is 199 Å². The number of nitrogens with zero attached hydrogens (tertiary/aromatic N) is 2. The summed E-state index contributed by atoms with van der Waals surface area (Å²) in [7, 11) is 0. The summed E-state index contributed by atoms with van der Waals surface area (Å²) in [5.41, 5.74) is 2.25. The highest BCUT2D eigenvalue weighted by atomic mass is 32.2. The molecule has 33 heavy (non-hydrogen) atoms. The van der Waals surface area contributed by atoms with Gasteiger partial charge in [-0.3, -0.25) is 4.79 Å². The maximum Gasteiger partial charge on any atom is 0.338 e. The lowest BCUT2D eigenvalue weighted by Crippen LogP contribution is -2.39. The van der Waals surface area contributed by atoms with Crippen LogP contribution in [0.25, 0.3) is 0 Å². The minimum Gasteiger partial charge on any atom is -0.456 e. The summed E-state index contributed by atoms with van der Waals surface area (Å²) in [4.78, 5) is 32.7. The predicted molar refractivity (Wildman–Crippen MR) is 129 cm³/mol. The smallest absolute Gasteiger partial charge is 0.338 e. The van der Waals surface area contributed by atoms with Crippen LogP contribution in [0.2, 0.25) is 0 Å². The van der Waals surface area contributed by atoms with Gasteiger partial charge in [0.15, 0.2) is 5.17 Å². The topological polar surface area (TPSA) is 80.2 Å². The number of amidine groups is 1. The van der Waals surface area contributed by atoms with Crippen molar-refractivity contribution in [3.05, 3.63) is 58.3 Å². The Morgan fingerprint density at radius 2 is 2.03 bits per heavy atom. The number of amides is 1. The maximum atomic E-state index is 13.3. The minimum absolute atomic E-state index is 0.0736. The molecule has 1 saturated heterocycles. The lowest BCUT2D eigenvalue weighted by molar-refractivity contribution is -0.150. The van der Waals surface area contributed by atoms with Crippen molar-refractivity contribution in [3.63, 3.8) is 0 Å². The zero-order chi connectivity index (χ0) is 23.6. The number of allylic oxidation sites excluding steroid dienone is 1. The third kappa shape index (κ3) is 5.50. The van der Waals surface area contributed by atoms with Crippen molar-refractivity contribution >= 4 is 28.8 Å². The second-order valence-electron chi connectivity index (χ2n) is 9.42. The van der Waals surface area contributed by atoms with Gasteiger partial charge < -0.3 is 19.7 Å². The zero-order valence-electron chi connectivity index (χ0n) is 19.6. The lowest BCUT2D eigenvalue weighted by Gasteiger charge is -2.37. The normalized spacial score (nSPS) is 22.6. The summed E-state index contributed by atoms with van der Waals surface area (Å²) in [6.45, 7) is 8.67. The van der Waals surface area contributed by atoms with Crippen LogP contribution >= 0.6 is 11.8 Å². The SMILES string of the molecule is CC1=C(C(=O)OC(C)(C)C)[C@@H](c2ccccc2)N2C(CC(=O)NC[C@H]3CCCO3)=CSC2=N1. The highest BCUT2D eigenvalue weighted by Crippen LogP contribution is 2.45. The molecule has 0 radical (unpaired) electrons. The first-order valence-electron chi connectivity index (χ1n) is 11.3. The molecule has 0 aliphatic carbocycles. The van der Waals surface area contributed by atoms with Crippen LogP contribution in [0, 0.1) is 0 Å². The van der Waals surface area contributed by atoms with E-state index in [1.807, 2.05) is 68.3 Å². The van der Waals surface area contributed by atoms with Gasteiger partial charge in [0.05, 0.1) is 29.8 Å². The second kappa shape index (κ2) is 9.73. The minimum atomic E-state index is -0.629. The Kier molecular flexibility index (Phi) is 6.95. The van der Waals surface area contributed by atoms with E-state index in [4.69, 9.17) is 14.5 Å². The number of thioether (sulfide) groups is 1. The van der Waals surface area contributed by atoms with Crippen LogP contribution in [0.4, 0.5) is 0 Å². The molecule has 3 aliphatic rings. The van der Waals surface area contributed by atoms with Crippen molar-refractivity contribution in [2.45, 2.75) is 64.7 Å². The van der Waals surface area contributed by atoms with Gasteiger partial charge in [-0.25, -0.2) is 9.79 Å². The van der Waals surface area contributed by atoms with Crippen molar-refractivity contribution in [2.75, 3.05) is 13.2 Å². The molecule has 176 valence electrons. The first-order valence-corrected chi connectivity index (χ1v) is 12.2. The summed E-state index contributed by atoms with van der Waals surface area (Å²) in [6, 6.07) is 9.40. The fourth-order valence-corrected chi connectivity index (χ4v) is 5.14. The Morgan fingerprint density at radius 3 is 2.70 bits per heavy atom. The van der Waals surface area contributed by atoms with Crippen molar-refractivity contribution in [1.82, 2.24) is 10.2 Å². The van der Waals surface area contributed by atoms with E-state index >= 15 is 0 Å². The molecule has 3 heterocycles. The third-order valence-corrected chi connectivity index (χ3v) is 6.52. The number of aliphatic imine (C=N–C) groups is 1. The number of rotatable bonds is 6.